The molecule has 0 aromatic heterocycles. The van der Waals surface area contributed by atoms with Gasteiger partial charge in [-0.05, 0) is 36.7 Å². The van der Waals surface area contributed by atoms with Crippen LogP contribution in [-0.4, -0.2) is 11.7 Å². The van der Waals surface area contributed by atoms with E-state index in [9.17, 15) is 5.11 Å². The molecule has 1 aromatic carbocycles. The van der Waals surface area contributed by atoms with Crippen molar-refractivity contribution < 1.29 is 5.11 Å². The number of aliphatic hydroxyl groups excluding tert-OH is 1. The van der Waals surface area contributed by atoms with Crippen molar-refractivity contribution in [3.05, 3.63) is 33.8 Å². The van der Waals surface area contributed by atoms with Crippen LogP contribution in [0.15, 0.2) is 18.2 Å². The van der Waals surface area contributed by atoms with E-state index in [4.69, 9.17) is 28.9 Å². The van der Waals surface area contributed by atoms with Crippen LogP contribution in [0.5, 0.6) is 0 Å². The van der Waals surface area contributed by atoms with Gasteiger partial charge in [-0.15, -0.1) is 0 Å². The molecular weight excluding hydrogens is 245 g/mol. The quantitative estimate of drug-likeness (QED) is 0.854. The lowest BCUT2D eigenvalue weighted by Crippen LogP contribution is -2.21. The molecule has 0 radical (unpaired) electrons. The zero-order chi connectivity index (χ0) is 12.1. The first-order valence-electron chi connectivity index (χ1n) is 5.42. The summed E-state index contributed by atoms with van der Waals surface area (Å²) in [4.78, 5) is 0. The monoisotopic (exact) mass is 261 g/mol. The maximum absolute atomic E-state index is 10.2. The third kappa shape index (κ3) is 3.63. The minimum absolute atomic E-state index is 0.0551. The van der Waals surface area contributed by atoms with Gasteiger partial charge in [0.1, 0.15) is 0 Å². The summed E-state index contributed by atoms with van der Waals surface area (Å²) in [5.74, 6) is 0.0551. The van der Waals surface area contributed by atoms with E-state index < -0.39 is 6.10 Å². The highest BCUT2D eigenvalue weighted by Gasteiger charge is 2.19. The third-order valence-corrected chi connectivity index (χ3v) is 3.07. The van der Waals surface area contributed by atoms with Gasteiger partial charge in [-0.25, -0.2) is 0 Å². The number of aliphatic hydroxyl groups is 1. The summed E-state index contributed by atoms with van der Waals surface area (Å²) in [6.45, 7) is 2.53. The summed E-state index contributed by atoms with van der Waals surface area (Å²) in [5, 5.41) is 11.2. The number of nitrogens with two attached hydrogens (primary N) is 1. The Kier molecular flexibility index (Phi) is 5.56. The first kappa shape index (κ1) is 13.8. The fraction of sp³-hybridized carbons (Fsp3) is 0.500. The lowest BCUT2D eigenvalue weighted by molar-refractivity contribution is 0.107. The number of halogens is 2. The maximum Gasteiger partial charge on any atom is 0.0831 e. The zero-order valence-electron chi connectivity index (χ0n) is 9.29. The van der Waals surface area contributed by atoms with Crippen LogP contribution in [0.4, 0.5) is 0 Å². The molecule has 4 heteroatoms. The largest absolute Gasteiger partial charge is 0.388 e. The van der Waals surface area contributed by atoms with E-state index in [1.807, 2.05) is 0 Å². The molecule has 0 aliphatic rings. The Hall–Kier alpha value is -0.280. The van der Waals surface area contributed by atoms with Crippen molar-refractivity contribution in [2.75, 3.05) is 6.54 Å². The Balaban J connectivity index is 2.89. The summed E-state index contributed by atoms with van der Waals surface area (Å²) in [6, 6.07) is 5.11. The molecule has 2 nitrogen and oxygen atoms in total. The first-order chi connectivity index (χ1) is 7.58. The fourth-order valence-electron chi connectivity index (χ4n) is 1.79. The van der Waals surface area contributed by atoms with Crippen LogP contribution in [0.1, 0.15) is 31.4 Å². The second-order valence-electron chi connectivity index (χ2n) is 3.93. The standard InChI is InChI=1S/C12H17Cl2NO/c1-2-3-8(7-15)12(16)9-4-10(13)6-11(14)5-9/h4-6,8,12,16H,2-3,7,15H2,1H3. The van der Waals surface area contributed by atoms with E-state index in [-0.39, 0.29) is 5.92 Å². The predicted octanol–water partition coefficient (Wildman–Crippen LogP) is 3.40. The molecule has 1 aromatic rings. The summed E-state index contributed by atoms with van der Waals surface area (Å²) in [6.07, 6.45) is 1.29. The molecule has 0 spiro atoms. The predicted molar refractivity (Wildman–Crippen MR) is 68.9 cm³/mol. The van der Waals surface area contributed by atoms with Gasteiger partial charge in [0.25, 0.3) is 0 Å². The molecule has 0 saturated carbocycles. The van der Waals surface area contributed by atoms with Crippen LogP contribution in [0.25, 0.3) is 0 Å². The lowest BCUT2D eigenvalue weighted by atomic mass is 9.92. The SMILES string of the molecule is CCCC(CN)C(O)c1cc(Cl)cc(Cl)c1. The van der Waals surface area contributed by atoms with Gasteiger partial charge in [-0.3, -0.25) is 0 Å². The molecule has 2 atom stereocenters. The number of rotatable bonds is 5. The van der Waals surface area contributed by atoms with Crippen LogP contribution < -0.4 is 5.73 Å². The highest BCUT2D eigenvalue weighted by Crippen LogP contribution is 2.29. The molecule has 16 heavy (non-hydrogen) atoms. The Morgan fingerprint density at radius 3 is 2.25 bits per heavy atom. The molecule has 2 unspecified atom stereocenters. The minimum Gasteiger partial charge on any atom is -0.388 e. The maximum atomic E-state index is 10.2. The first-order valence-corrected chi connectivity index (χ1v) is 6.18. The van der Waals surface area contributed by atoms with Gasteiger partial charge in [-0.2, -0.15) is 0 Å². The molecule has 0 aliphatic heterocycles. The van der Waals surface area contributed by atoms with Crippen LogP contribution in [0.3, 0.4) is 0 Å². The van der Waals surface area contributed by atoms with Crippen molar-refractivity contribution in [1.82, 2.24) is 0 Å². The van der Waals surface area contributed by atoms with Crippen molar-refractivity contribution >= 4 is 23.2 Å². The van der Waals surface area contributed by atoms with Gasteiger partial charge in [0.15, 0.2) is 0 Å². The summed E-state index contributed by atoms with van der Waals surface area (Å²) in [7, 11) is 0. The van der Waals surface area contributed by atoms with Crippen molar-refractivity contribution in [3.8, 4) is 0 Å². The van der Waals surface area contributed by atoms with Gasteiger partial charge in [0.05, 0.1) is 6.10 Å². The molecule has 90 valence electrons. The molecular formula is C12H17Cl2NO. The molecule has 0 fully saturated rings. The van der Waals surface area contributed by atoms with E-state index in [0.29, 0.717) is 16.6 Å². The topological polar surface area (TPSA) is 46.2 Å². The van der Waals surface area contributed by atoms with Gasteiger partial charge >= 0.3 is 0 Å². The van der Waals surface area contributed by atoms with Crippen molar-refractivity contribution in [2.24, 2.45) is 11.7 Å². The molecule has 1 rings (SSSR count). The molecule has 0 heterocycles. The summed E-state index contributed by atoms with van der Waals surface area (Å²) < 4.78 is 0. The number of benzene rings is 1. The highest BCUT2D eigenvalue weighted by atomic mass is 35.5. The van der Waals surface area contributed by atoms with Crippen LogP contribution in [-0.2, 0) is 0 Å². The molecule has 0 aliphatic carbocycles. The average molecular weight is 262 g/mol. The normalized spacial score (nSPS) is 14.8. The minimum atomic E-state index is -0.596. The Morgan fingerprint density at radius 1 is 1.25 bits per heavy atom. The van der Waals surface area contributed by atoms with Crippen molar-refractivity contribution in [1.29, 1.82) is 0 Å². The van der Waals surface area contributed by atoms with Crippen LogP contribution in [0.2, 0.25) is 10.0 Å². The van der Waals surface area contributed by atoms with Crippen LogP contribution >= 0.6 is 23.2 Å². The van der Waals surface area contributed by atoms with E-state index >= 15 is 0 Å². The second kappa shape index (κ2) is 6.45. The molecule has 0 bridgehead atoms. The smallest absolute Gasteiger partial charge is 0.0831 e. The van der Waals surface area contributed by atoms with Gasteiger partial charge in [-0.1, -0.05) is 36.5 Å². The Morgan fingerprint density at radius 2 is 1.81 bits per heavy atom. The van der Waals surface area contributed by atoms with E-state index in [1.165, 1.54) is 0 Å². The van der Waals surface area contributed by atoms with E-state index in [2.05, 4.69) is 6.92 Å². The van der Waals surface area contributed by atoms with Gasteiger partial charge in [0.2, 0.25) is 0 Å². The zero-order valence-corrected chi connectivity index (χ0v) is 10.8. The summed E-state index contributed by atoms with van der Waals surface area (Å²) in [5.41, 5.74) is 6.38. The van der Waals surface area contributed by atoms with Gasteiger partial charge < -0.3 is 10.8 Å². The van der Waals surface area contributed by atoms with Gasteiger partial charge in [0, 0.05) is 16.0 Å². The Bertz CT molecular complexity index is 324. The molecule has 3 N–H and O–H groups in total. The lowest BCUT2D eigenvalue weighted by Gasteiger charge is -2.21. The van der Waals surface area contributed by atoms with E-state index in [1.54, 1.807) is 18.2 Å². The Labute approximate surface area is 106 Å². The van der Waals surface area contributed by atoms with Crippen LogP contribution in [0, 0.1) is 5.92 Å². The fourth-order valence-corrected chi connectivity index (χ4v) is 2.34. The van der Waals surface area contributed by atoms with Crippen molar-refractivity contribution in [3.63, 3.8) is 0 Å². The summed E-state index contributed by atoms with van der Waals surface area (Å²) >= 11 is 11.8. The highest BCUT2D eigenvalue weighted by molar-refractivity contribution is 6.34. The molecule has 0 saturated heterocycles. The van der Waals surface area contributed by atoms with E-state index in [0.717, 1.165) is 18.4 Å². The number of hydrogen-bond donors (Lipinski definition) is 2. The second-order valence-corrected chi connectivity index (χ2v) is 4.80. The van der Waals surface area contributed by atoms with Crippen molar-refractivity contribution in [2.45, 2.75) is 25.9 Å². The number of hydrogen-bond acceptors (Lipinski definition) is 2. The molecule has 0 amide bonds. The third-order valence-electron chi connectivity index (χ3n) is 2.64. The average Bonchev–Trinajstić information content (AvgIpc) is 2.23.